The minimum Gasteiger partial charge on any atom is -0.497 e. The van der Waals surface area contributed by atoms with Crippen LogP contribution in [0, 0.1) is 0 Å². The minimum atomic E-state index is 0.145. The Morgan fingerprint density at radius 2 is 2.00 bits per heavy atom. The van der Waals surface area contributed by atoms with E-state index in [-0.39, 0.29) is 6.61 Å². The van der Waals surface area contributed by atoms with Gasteiger partial charge in [0, 0.05) is 12.2 Å². The number of benzene rings is 1. The van der Waals surface area contributed by atoms with Crippen molar-refractivity contribution < 1.29 is 9.84 Å². The Labute approximate surface area is 72.0 Å². The Balaban J connectivity index is 2.53. The molecule has 0 atom stereocenters. The molecule has 0 radical (unpaired) electrons. The number of anilines is 1. The number of ether oxygens (including phenoxy) is 1. The largest absolute Gasteiger partial charge is 0.497 e. The quantitative estimate of drug-likeness (QED) is 0.705. The van der Waals surface area contributed by atoms with E-state index in [1.165, 1.54) is 0 Å². The lowest BCUT2D eigenvalue weighted by Crippen LogP contribution is -2.04. The van der Waals surface area contributed by atoms with E-state index in [0.29, 0.717) is 6.54 Å². The van der Waals surface area contributed by atoms with Crippen LogP contribution in [0.2, 0.25) is 0 Å². The van der Waals surface area contributed by atoms with Crippen LogP contribution in [0.1, 0.15) is 0 Å². The Morgan fingerprint density at radius 3 is 2.50 bits per heavy atom. The fraction of sp³-hybridized carbons (Fsp3) is 0.333. The van der Waals surface area contributed by atoms with Crippen molar-refractivity contribution in [3.05, 3.63) is 24.3 Å². The van der Waals surface area contributed by atoms with Gasteiger partial charge in [-0.1, -0.05) is 0 Å². The average Bonchev–Trinajstić information content (AvgIpc) is 2.15. The summed E-state index contributed by atoms with van der Waals surface area (Å²) in [5.41, 5.74) is 0.991. The fourth-order valence-corrected chi connectivity index (χ4v) is 0.909. The van der Waals surface area contributed by atoms with Crippen molar-refractivity contribution in [3.63, 3.8) is 0 Å². The molecule has 1 aromatic rings. The Hall–Kier alpha value is -1.22. The molecule has 0 heterocycles. The lowest BCUT2D eigenvalue weighted by Gasteiger charge is -2.04. The van der Waals surface area contributed by atoms with Crippen LogP contribution in [0.15, 0.2) is 24.3 Å². The van der Waals surface area contributed by atoms with E-state index >= 15 is 0 Å². The van der Waals surface area contributed by atoms with Gasteiger partial charge in [-0.2, -0.15) is 0 Å². The molecule has 0 aliphatic rings. The second kappa shape index (κ2) is 4.62. The van der Waals surface area contributed by atoms with Crippen LogP contribution in [0.4, 0.5) is 5.69 Å². The van der Waals surface area contributed by atoms with Gasteiger partial charge in [0.2, 0.25) is 0 Å². The molecule has 1 rings (SSSR count). The molecule has 0 aliphatic carbocycles. The Bertz CT molecular complexity index is 220. The second-order valence-corrected chi connectivity index (χ2v) is 2.38. The molecule has 0 unspecified atom stereocenters. The molecular weight excluding hydrogens is 154 g/mol. The third kappa shape index (κ3) is 2.43. The topological polar surface area (TPSA) is 41.5 Å². The van der Waals surface area contributed by atoms with Gasteiger partial charge >= 0.3 is 0 Å². The minimum absolute atomic E-state index is 0.145. The molecule has 12 heavy (non-hydrogen) atoms. The number of methoxy groups -OCH3 is 1. The van der Waals surface area contributed by atoms with Crippen molar-refractivity contribution in [2.45, 2.75) is 0 Å². The predicted octanol–water partition coefficient (Wildman–Crippen LogP) is 1.10. The number of aliphatic hydroxyl groups excluding tert-OH is 1. The van der Waals surface area contributed by atoms with Crippen molar-refractivity contribution >= 4 is 5.69 Å². The third-order valence-corrected chi connectivity index (χ3v) is 1.53. The maximum absolute atomic E-state index is 8.54. The summed E-state index contributed by atoms with van der Waals surface area (Å²) < 4.78 is 5.00. The maximum atomic E-state index is 8.54. The summed E-state index contributed by atoms with van der Waals surface area (Å²) in [7, 11) is 1.64. The maximum Gasteiger partial charge on any atom is 0.119 e. The zero-order valence-electron chi connectivity index (χ0n) is 7.08. The molecule has 0 aliphatic heterocycles. The molecule has 0 spiro atoms. The predicted molar refractivity (Wildman–Crippen MR) is 48.6 cm³/mol. The van der Waals surface area contributed by atoms with Gasteiger partial charge in [-0.25, -0.2) is 0 Å². The average molecular weight is 167 g/mol. The van der Waals surface area contributed by atoms with Gasteiger partial charge in [0.25, 0.3) is 0 Å². The van der Waals surface area contributed by atoms with E-state index < -0.39 is 0 Å². The molecule has 0 saturated carbocycles. The van der Waals surface area contributed by atoms with Gasteiger partial charge in [-0.3, -0.25) is 0 Å². The van der Waals surface area contributed by atoms with E-state index in [1.54, 1.807) is 7.11 Å². The lowest BCUT2D eigenvalue weighted by molar-refractivity contribution is 0.311. The van der Waals surface area contributed by atoms with Crippen LogP contribution < -0.4 is 10.1 Å². The van der Waals surface area contributed by atoms with Crippen LogP contribution in [0.25, 0.3) is 0 Å². The fourth-order valence-electron chi connectivity index (χ4n) is 0.909. The standard InChI is InChI=1S/C9H13NO2/c1-12-9-4-2-8(3-5-9)10-6-7-11/h2-5,10-11H,6-7H2,1H3. The van der Waals surface area contributed by atoms with E-state index in [4.69, 9.17) is 9.84 Å². The summed E-state index contributed by atoms with van der Waals surface area (Å²) in [6, 6.07) is 7.57. The molecule has 0 amide bonds. The molecule has 0 fully saturated rings. The summed E-state index contributed by atoms with van der Waals surface area (Å²) in [4.78, 5) is 0. The van der Waals surface area contributed by atoms with E-state index in [1.807, 2.05) is 24.3 Å². The first-order valence-electron chi connectivity index (χ1n) is 3.85. The van der Waals surface area contributed by atoms with Gasteiger partial charge in [0.15, 0.2) is 0 Å². The Kier molecular flexibility index (Phi) is 3.41. The summed E-state index contributed by atoms with van der Waals surface area (Å²) in [5, 5.41) is 11.6. The SMILES string of the molecule is COc1ccc(NCCO)cc1. The van der Waals surface area contributed by atoms with Gasteiger partial charge in [-0.15, -0.1) is 0 Å². The third-order valence-electron chi connectivity index (χ3n) is 1.53. The van der Waals surface area contributed by atoms with Crippen LogP contribution in [0.3, 0.4) is 0 Å². The number of hydrogen-bond acceptors (Lipinski definition) is 3. The summed E-state index contributed by atoms with van der Waals surface area (Å²) in [5.74, 6) is 0.838. The molecule has 3 heteroatoms. The van der Waals surface area contributed by atoms with Crippen molar-refractivity contribution in [2.24, 2.45) is 0 Å². The molecule has 0 aromatic heterocycles. The number of nitrogens with one attached hydrogen (secondary N) is 1. The van der Waals surface area contributed by atoms with E-state index in [2.05, 4.69) is 5.32 Å². The molecule has 1 aromatic carbocycles. The smallest absolute Gasteiger partial charge is 0.119 e. The number of aliphatic hydroxyl groups is 1. The lowest BCUT2D eigenvalue weighted by atomic mass is 10.3. The Morgan fingerprint density at radius 1 is 1.33 bits per heavy atom. The number of hydrogen-bond donors (Lipinski definition) is 2. The summed E-state index contributed by atoms with van der Waals surface area (Å²) >= 11 is 0. The zero-order valence-corrected chi connectivity index (χ0v) is 7.08. The molecular formula is C9H13NO2. The van der Waals surface area contributed by atoms with Gasteiger partial charge in [-0.05, 0) is 24.3 Å². The van der Waals surface area contributed by atoms with Crippen molar-refractivity contribution in [3.8, 4) is 5.75 Å². The first kappa shape index (κ1) is 8.87. The van der Waals surface area contributed by atoms with E-state index in [0.717, 1.165) is 11.4 Å². The first-order chi connectivity index (χ1) is 5.86. The first-order valence-corrected chi connectivity index (χ1v) is 3.85. The van der Waals surface area contributed by atoms with Crippen molar-refractivity contribution in [1.82, 2.24) is 0 Å². The highest BCUT2D eigenvalue weighted by Crippen LogP contribution is 2.14. The van der Waals surface area contributed by atoms with Crippen LogP contribution >= 0.6 is 0 Å². The zero-order chi connectivity index (χ0) is 8.81. The molecule has 0 bridgehead atoms. The molecule has 66 valence electrons. The van der Waals surface area contributed by atoms with Crippen molar-refractivity contribution in [1.29, 1.82) is 0 Å². The second-order valence-electron chi connectivity index (χ2n) is 2.38. The normalized spacial score (nSPS) is 9.50. The van der Waals surface area contributed by atoms with Gasteiger partial charge < -0.3 is 15.2 Å². The van der Waals surface area contributed by atoms with Crippen molar-refractivity contribution in [2.75, 3.05) is 25.6 Å². The highest BCUT2D eigenvalue weighted by molar-refractivity contribution is 5.46. The summed E-state index contributed by atoms with van der Waals surface area (Å²) in [6.45, 7) is 0.721. The number of rotatable bonds is 4. The van der Waals surface area contributed by atoms with Crippen LogP contribution in [-0.4, -0.2) is 25.4 Å². The summed E-state index contributed by atoms with van der Waals surface area (Å²) in [6.07, 6.45) is 0. The monoisotopic (exact) mass is 167 g/mol. The van der Waals surface area contributed by atoms with Crippen LogP contribution in [-0.2, 0) is 0 Å². The highest BCUT2D eigenvalue weighted by Gasteiger charge is 1.91. The van der Waals surface area contributed by atoms with E-state index in [9.17, 15) is 0 Å². The van der Waals surface area contributed by atoms with Crippen LogP contribution in [0.5, 0.6) is 5.75 Å². The molecule has 0 saturated heterocycles. The molecule has 3 nitrogen and oxygen atoms in total. The van der Waals surface area contributed by atoms with Gasteiger partial charge in [0.05, 0.1) is 13.7 Å². The van der Waals surface area contributed by atoms with Gasteiger partial charge in [0.1, 0.15) is 5.75 Å². The molecule has 2 N–H and O–H groups in total. The highest BCUT2D eigenvalue weighted by atomic mass is 16.5.